The minimum absolute atomic E-state index is 0.0318. The molecule has 2 atom stereocenters. The average Bonchev–Trinajstić information content (AvgIpc) is 3.13. The second-order valence-electron chi connectivity index (χ2n) is 11.4. The minimum atomic E-state index is -1.04. The van der Waals surface area contributed by atoms with E-state index in [4.69, 9.17) is 18.9 Å². The molecule has 5 rings (SSSR count). The third kappa shape index (κ3) is 8.70. The van der Waals surface area contributed by atoms with E-state index in [-0.39, 0.29) is 23.1 Å². The molecule has 250 valence electrons. The summed E-state index contributed by atoms with van der Waals surface area (Å²) in [6, 6.07) is 37.2. The predicted molar refractivity (Wildman–Crippen MR) is 186 cm³/mol. The van der Waals surface area contributed by atoms with Crippen molar-refractivity contribution in [1.29, 1.82) is 0 Å². The molecule has 0 radical (unpaired) electrons. The van der Waals surface area contributed by atoms with Crippen molar-refractivity contribution in [1.82, 2.24) is 10.3 Å². The monoisotopic (exact) mass is 658 g/mol. The summed E-state index contributed by atoms with van der Waals surface area (Å²) in [5, 5.41) is 2.64. The first-order valence-electron chi connectivity index (χ1n) is 15.9. The van der Waals surface area contributed by atoms with Gasteiger partial charge < -0.3 is 24.3 Å². The minimum Gasteiger partial charge on any atom is -0.493 e. The SMILES string of the molecule is COc1ccnc(C(=O)N[C@@H](C)C(=O)O[C@@H](C)C(c2ccc(-c3ccccc3)cc2)c2ccc(-c3ccccc3)cc2)c1OCOC(C)=O. The van der Waals surface area contributed by atoms with Gasteiger partial charge in [0.2, 0.25) is 6.79 Å². The smallest absolute Gasteiger partial charge is 0.328 e. The number of carbonyl (C=O) groups is 3. The number of amides is 1. The Morgan fingerprint density at radius 1 is 0.714 bits per heavy atom. The lowest BCUT2D eigenvalue weighted by atomic mass is 9.85. The van der Waals surface area contributed by atoms with Gasteiger partial charge in [-0.05, 0) is 47.2 Å². The van der Waals surface area contributed by atoms with Gasteiger partial charge >= 0.3 is 11.9 Å². The van der Waals surface area contributed by atoms with Gasteiger partial charge in [0.25, 0.3) is 5.91 Å². The van der Waals surface area contributed by atoms with E-state index < -0.39 is 36.8 Å². The van der Waals surface area contributed by atoms with Crippen LogP contribution < -0.4 is 14.8 Å². The number of carbonyl (C=O) groups excluding carboxylic acids is 3. The van der Waals surface area contributed by atoms with Crippen LogP contribution in [0.2, 0.25) is 0 Å². The Hall–Kier alpha value is -5.96. The fraction of sp³-hybridized carbons (Fsp3) is 0.200. The quantitative estimate of drug-likeness (QED) is 0.104. The zero-order chi connectivity index (χ0) is 34.8. The fourth-order valence-corrected chi connectivity index (χ4v) is 5.50. The van der Waals surface area contributed by atoms with Gasteiger partial charge in [-0.15, -0.1) is 0 Å². The molecule has 9 nitrogen and oxygen atoms in total. The maximum absolute atomic E-state index is 13.4. The van der Waals surface area contributed by atoms with E-state index in [2.05, 4.69) is 83.1 Å². The van der Waals surface area contributed by atoms with Gasteiger partial charge in [0.1, 0.15) is 12.1 Å². The first-order valence-corrected chi connectivity index (χ1v) is 15.9. The normalized spacial score (nSPS) is 12.0. The summed E-state index contributed by atoms with van der Waals surface area (Å²) in [5.41, 5.74) is 6.16. The van der Waals surface area contributed by atoms with Crippen LogP contribution in [0.5, 0.6) is 11.5 Å². The van der Waals surface area contributed by atoms with Crippen LogP contribution in [0.4, 0.5) is 0 Å². The van der Waals surface area contributed by atoms with Crippen LogP contribution in [0.15, 0.2) is 121 Å². The number of aromatic nitrogens is 1. The summed E-state index contributed by atoms with van der Waals surface area (Å²) < 4.78 is 21.7. The van der Waals surface area contributed by atoms with Crippen LogP contribution in [-0.2, 0) is 19.1 Å². The van der Waals surface area contributed by atoms with Crippen LogP contribution in [0.3, 0.4) is 0 Å². The first kappa shape index (κ1) is 34.4. The lowest BCUT2D eigenvalue weighted by molar-refractivity contribution is -0.151. The number of benzene rings is 4. The standard InChI is InChI=1S/C40H38N2O7/c1-26(42-39(44)37-38(48-25-47-28(3)43)35(46-4)23-24-41-37)40(45)49-27(2)36(33-19-15-31(16-20-33)29-11-7-5-8-12-29)34-21-17-32(18-22-34)30-13-9-6-10-14-30/h5-24,26-27,36H,25H2,1-4H3,(H,42,44)/t26-,27-/m0/s1. The molecule has 0 aliphatic carbocycles. The molecular weight excluding hydrogens is 620 g/mol. The third-order valence-electron chi connectivity index (χ3n) is 8.00. The van der Waals surface area contributed by atoms with Crippen LogP contribution in [-0.4, -0.2) is 48.9 Å². The number of hydrogen-bond acceptors (Lipinski definition) is 8. The van der Waals surface area contributed by atoms with Gasteiger partial charge in [0, 0.05) is 25.1 Å². The van der Waals surface area contributed by atoms with E-state index in [0.29, 0.717) is 0 Å². The number of rotatable bonds is 13. The summed E-state index contributed by atoms with van der Waals surface area (Å²) >= 11 is 0. The molecule has 1 N–H and O–H groups in total. The lowest BCUT2D eigenvalue weighted by Gasteiger charge is -2.27. The highest BCUT2D eigenvalue weighted by atomic mass is 16.7. The number of pyridine rings is 1. The molecule has 1 aromatic heterocycles. The van der Waals surface area contributed by atoms with E-state index in [0.717, 1.165) is 33.4 Å². The lowest BCUT2D eigenvalue weighted by Crippen LogP contribution is -2.41. The number of nitrogens with one attached hydrogen (secondary N) is 1. The van der Waals surface area contributed by atoms with Gasteiger partial charge in [-0.25, -0.2) is 9.78 Å². The van der Waals surface area contributed by atoms with E-state index >= 15 is 0 Å². The van der Waals surface area contributed by atoms with Crippen molar-refractivity contribution in [2.45, 2.75) is 38.8 Å². The van der Waals surface area contributed by atoms with Crippen molar-refractivity contribution in [3.63, 3.8) is 0 Å². The van der Waals surface area contributed by atoms with Crippen molar-refractivity contribution in [2.75, 3.05) is 13.9 Å². The van der Waals surface area contributed by atoms with Gasteiger partial charge in [0.05, 0.1) is 7.11 Å². The molecule has 0 bridgehead atoms. The Bertz CT molecular complexity index is 1780. The number of ether oxygens (including phenoxy) is 4. The van der Waals surface area contributed by atoms with Crippen molar-refractivity contribution in [2.24, 2.45) is 0 Å². The van der Waals surface area contributed by atoms with E-state index in [1.165, 1.54) is 33.2 Å². The second-order valence-corrected chi connectivity index (χ2v) is 11.4. The maximum atomic E-state index is 13.4. The molecule has 9 heteroatoms. The summed E-state index contributed by atoms with van der Waals surface area (Å²) in [6.07, 6.45) is 0.767. The molecule has 0 spiro atoms. The van der Waals surface area contributed by atoms with Crippen molar-refractivity contribution in [3.05, 3.63) is 138 Å². The molecular formula is C40H38N2O7. The second kappa shape index (κ2) is 16.2. The topological polar surface area (TPSA) is 113 Å². The molecule has 0 unspecified atom stereocenters. The summed E-state index contributed by atoms with van der Waals surface area (Å²) in [5.74, 6) is -2.01. The highest BCUT2D eigenvalue weighted by Gasteiger charge is 2.29. The third-order valence-corrected chi connectivity index (χ3v) is 8.00. The average molecular weight is 659 g/mol. The zero-order valence-corrected chi connectivity index (χ0v) is 27.8. The van der Waals surface area contributed by atoms with Crippen molar-refractivity contribution >= 4 is 17.8 Å². The molecule has 1 amide bonds. The van der Waals surface area contributed by atoms with Crippen LogP contribution >= 0.6 is 0 Å². The highest BCUT2D eigenvalue weighted by molar-refractivity contribution is 5.98. The molecule has 0 aliphatic heterocycles. The number of esters is 2. The Labute approximate surface area is 285 Å². The Morgan fingerprint density at radius 2 is 1.22 bits per heavy atom. The summed E-state index contributed by atoms with van der Waals surface area (Å²) in [6.45, 7) is 4.16. The summed E-state index contributed by atoms with van der Waals surface area (Å²) in [7, 11) is 1.40. The van der Waals surface area contributed by atoms with Crippen LogP contribution in [0.25, 0.3) is 22.3 Å². The number of methoxy groups -OCH3 is 1. The van der Waals surface area contributed by atoms with Gasteiger partial charge in [0.15, 0.2) is 17.2 Å². The fourth-order valence-electron chi connectivity index (χ4n) is 5.50. The summed E-state index contributed by atoms with van der Waals surface area (Å²) in [4.78, 5) is 42.1. The molecule has 49 heavy (non-hydrogen) atoms. The zero-order valence-electron chi connectivity index (χ0n) is 27.8. The molecule has 0 aliphatic rings. The Balaban J connectivity index is 1.35. The van der Waals surface area contributed by atoms with Gasteiger partial charge in [-0.1, -0.05) is 109 Å². The van der Waals surface area contributed by atoms with E-state index in [1.54, 1.807) is 0 Å². The van der Waals surface area contributed by atoms with E-state index in [9.17, 15) is 14.4 Å². The largest absolute Gasteiger partial charge is 0.493 e. The number of hydrogen-bond donors (Lipinski definition) is 1. The first-order chi connectivity index (χ1) is 23.7. The predicted octanol–water partition coefficient (Wildman–Crippen LogP) is 7.21. The van der Waals surface area contributed by atoms with Crippen LogP contribution in [0, 0.1) is 0 Å². The molecule has 0 saturated carbocycles. The Kier molecular flexibility index (Phi) is 11.4. The molecule has 0 fully saturated rings. The van der Waals surface area contributed by atoms with Crippen LogP contribution in [0.1, 0.15) is 48.3 Å². The highest BCUT2D eigenvalue weighted by Crippen LogP contribution is 2.34. The molecule has 5 aromatic rings. The molecule has 0 saturated heterocycles. The van der Waals surface area contributed by atoms with Gasteiger partial charge in [-0.3, -0.25) is 9.59 Å². The Morgan fingerprint density at radius 3 is 1.71 bits per heavy atom. The number of nitrogens with zero attached hydrogens (tertiary/aromatic N) is 1. The van der Waals surface area contributed by atoms with Crippen molar-refractivity contribution in [3.8, 4) is 33.8 Å². The van der Waals surface area contributed by atoms with Crippen molar-refractivity contribution < 1.29 is 33.3 Å². The van der Waals surface area contributed by atoms with E-state index in [1.807, 2.05) is 43.3 Å². The molecule has 4 aromatic carbocycles. The molecule has 1 heterocycles. The van der Waals surface area contributed by atoms with Gasteiger partial charge in [-0.2, -0.15) is 0 Å². The maximum Gasteiger partial charge on any atom is 0.328 e.